The zero-order valence-electron chi connectivity index (χ0n) is 9.34. The van der Waals surface area contributed by atoms with Gasteiger partial charge >= 0.3 is 0 Å². The Labute approximate surface area is 118 Å². The Morgan fingerprint density at radius 3 is 2.39 bits per heavy atom. The van der Waals surface area contributed by atoms with Crippen LogP contribution >= 0.6 is 27.5 Å². The van der Waals surface area contributed by atoms with E-state index in [0.29, 0.717) is 17.0 Å². The van der Waals surface area contributed by atoms with Crippen molar-refractivity contribution in [2.75, 3.05) is 0 Å². The Kier molecular flexibility index (Phi) is 4.36. The van der Waals surface area contributed by atoms with Gasteiger partial charge in [-0.1, -0.05) is 51.8 Å². The second-order valence-corrected chi connectivity index (χ2v) is 5.48. The first-order valence-electron chi connectivity index (χ1n) is 5.40. The summed E-state index contributed by atoms with van der Waals surface area (Å²) >= 11 is 9.27. The molecule has 2 aromatic rings. The average molecular weight is 332 g/mol. The van der Waals surface area contributed by atoms with Crippen molar-refractivity contribution in [3.8, 4) is 0 Å². The zero-order chi connectivity index (χ0) is 13.1. The van der Waals surface area contributed by atoms with E-state index in [1.54, 1.807) is 18.2 Å². The molecule has 0 fully saturated rings. The second-order valence-electron chi connectivity index (χ2n) is 3.94. The normalized spacial score (nSPS) is 12.4. The van der Waals surface area contributed by atoms with Gasteiger partial charge in [-0.25, -0.2) is 8.78 Å². The van der Waals surface area contributed by atoms with E-state index in [9.17, 15) is 8.78 Å². The fraction of sp³-hybridized carbons (Fsp3) is 0.143. The van der Waals surface area contributed by atoms with E-state index < -0.39 is 11.6 Å². The van der Waals surface area contributed by atoms with Crippen molar-refractivity contribution < 1.29 is 8.78 Å². The van der Waals surface area contributed by atoms with Crippen LogP contribution in [0.15, 0.2) is 42.5 Å². The van der Waals surface area contributed by atoms with Crippen LogP contribution in [0.4, 0.5) is 8.78 Å². The number of alkyl halides is 1. The maximum atomic E-state index is 13.5. The third-order valence-corrected chi connectivity index (χ3v) is 3.77. The van der Waals surface area contributed by atoms with E-state index in [1.807, 2.05) is 12.1 Å². The summed E-state index contributed by atoms with van der Waals surface area (Å²) in [4.78, 5) is -0.0777. The summed E-state index contributed by atoms with van der Waals surface area (Å²) in [5, 5.41) is 0.649. The lowest BCUT2D eigenvalue weighted by molar-refractivity contribution is 0.498. The van der Waals surface area contributed by atoms with Crippen LogP contribution in [0.5, 0.6) is 0 Å². The standard InChI is InChI=1S/C14H10BrClF2/c15-12(9-4-6-11(16)7-5-9)8-10-2-1-3-13(17)14(10)18/h1-7,12H,8H2. The van der Waals surface area contributed by atoms with E-state index in [2.05, 4.69) is 15.9 Å². The molecule has 1 unspecified atom stereocenters. The molecule has 0 N–H and O–H groups in total. The highest BCUT2D eigenvalue weighted by atomic mass is 79.9. The first-order chi connectivity index (χ1) is 8.58. The van der Waals surface area contributed by atoms with Crippen LogP contribution in [0.2, 0.25) is 5.02 Å². The maximum Gasteiger partial charge on any atom is 0.162 e. The number of hydrogen-bond acceptors (Lipinski definition) is 0. The topological polar surface area (TPSA) is 0 Å². The van der Waals surface area contributed by atoms with Crippen LogP contribution in [0.1, 0.15) is 16.0 Å². The first-order valence-corrected chi connectivity index (χ1v) is 6.69. The molecule has 0 aromatic heterocycles. The minimum atomic E-state index is -0.816. The Bertz CT molecular complexity index is 540. The highest BCUT2D eigenvalue weighted by Crippen LogP contribution is 2.29. The number of halogens is 4. The number of hydrogen-bond donors (Lipinski definition) is 0. The maximum absolute atomic E-state index is 13.5. The third kappa shape index (κ3) is 3.09. The average Bonchev–Trinajstić information content (AvgIpc) is 2.36. The Hall–Kier alpha value is -0.930. The summed E-state index contributed by atoms with van der Waals surface area (Å²) in [5.41, 5.74) is 1.33. The Balaban J connectivity index is 2.18. The fourth-order valence-corrected chi connectivity index (χ4v) is 2.47. The van der Waals surface area contributed by atoms with Gasteiger partial charge in [0.1, 0.15) is 0 Å². The molecular weight excluding hydrogens is 322 g/mol. The Morgan fingerprint density at radius 2 is 1.72 bits per heavy atom. The summed E-state index contributed by atoms with van der Waals surface area (Å²) < 4.78 is 26.6. The van der Waals surface area contributed by atoms with Gasteiger partial charge in [0.25, 0.3) is 0 Å². The van der Waals surface area contributed by atoms with Gasteiger partial charge in [0.2, 0.25) is 0 Å². The molecule has 1 atom stereocenters. The molecule has 0 amide bonds. The van der Waals surface area contributed by atoms with Gasteiger partial charge in [0.15, 0.2) is 11.6 Å². The van der Waals surface area contributed by atoms with Crippen molar-refractivity contribution >= 4 is 27.5 Å². The molecule has 0 aliphatic rings. The molecule has 18 heavy (non-hydrogen) atoms. The van der Waals surface area contributed by atoms with Gasteiger partial charge in [-0.05, 0) is 35.7 Å². The molecule has 2 aromatic carbocycles. The lowest BCUT2D eigenvalue weighted by Crippen LogP contribution is -1.99. The van der Waals surface area contributed by atoms with Crippen LogP contribution in [0.25, 0.3) is 0 Å². The molecule has 94 valence electrons. The molecule has 0 saturated carbocycles. The van der Waals surface area contributed by atoms with Crippen molar-refractivity contribution in [3.05, 3.63) is 70.2 Å². The van der Waals surface area contributed by atoms with Crippen molar-refractivity contribution in [3.63, 3.8) is 0 Å². The highest BCUT2D eigenvalue weighted by molar-refractivity contribution is 9.09. The van der Waals surface area contributed by atoms with E-state index in [-0.39, 0.29) is 4.83 Å². The van der Waals surface area contributed by atoms with Crippen LogP contribution in [0, 0.1) is 11.6 Å². The summed E-state index contributed by atoms with van der Waals surface area (Å²) in [6.45, 7) is 0. The van der Waals surface area contributed by atoms with Crippen molar-refractivity contribution in [1.29, 1.82) is 0 Å². The third-order valence-electron chi connectivity index (χ3n) is 2.66. The largest absolute Gasteiger partial charge is 0.204 e. The highest BCUT2D eigenvalue weighted by Gasteiger charge is 2.13. The van der Waals surface area contributed by atoms with Gasteiger partial charge in [-0.3, -0.25) is 0 Å². The van der Waals surface area contributed by atoms with Crippen LogP contribution in [0.3, 0.4) is 0 Å². The predicted octanol–water partition coefficient (Wildman–Crippen LogP) is 5.30. The van der Waals surface area contributed by atoms with Gasteiger partial charge in [-0.2, -0.15) is 0 Å². The van der Waals surface area contributed by atoms with Crippen LogP contribution < -0.4 is 0 Å². The lowest BCUT2D eigenvalue weighted by atomic mass is 10.0. The first kappa shape index (κ1) is 13.5. The molecule has 0 radical (unpaired) electrons. The van der Waals surface area contributed by atoms with E-state index in [0.717, 1.165) is 11.6 Å². The van der Waals surface area contributed by atoms with Crippen molar-refractivity contribution in [2.45, 2.75) is 11.2 Å². The summed E-state index contributed by atoms with van der Waals surface area (Å²) in [6, 6.07) is 11.5. The smallest absolute Gasteiger partial charge is 0.162 e. The molecule has 0 saturated heterocycles. The Morgan fingerprint density at radius 1 is 1.06 bits per heavy atom. The van der Waals surface area contributed by atoms with Gasteiger partial charge in [0.05, 0.1) is 0 Å². The van der Waals surface area contributed by atoms with Crippen LogP contribution in [-0.4, -0.2) is 0 Å². The van der Waals surface area contributed by atoms with Crippen LogP contribution in [-0.2, 0) is 6.42 Å². The molecule has 0 nitrogen and oxygen atoms in total. The lowest BCUT2D eigenvalue weighted by Gasteiger charge is -2.11. The molecule has 2 rings (SSSR count). The second kappa shape index (κ2) is 5.81. The summed E-state index contributed by atoms with van der Waals surface area (Å²) in [6.07, 6.45) is 0.380. The number of rotatable bonds is 3. The molecule has 0 aliphatic heterocycles. The molecule has 0 spiro atoms. The molecule has 0 aliphatic carbocycles. The van der Waals surface area contributed by atoms with Gasteiger partial charge < -0.3 is 0 Å². The molecule has 4 heteroatoms. The van der Waals surface area contributed by atoms with Gasteiger partial charge in [-0.15, -0.1) is 0 Å². The van der Waals surface area contributed by atoms with Crippen molar-refractivity contribution in [1.82, 2.24) is 0 Å². The predicted molar refractivity (Wildman–Crippen MR) is 73.2 cm³/mol. The molecule has 0 bridgehead atoms. The molecule has 0 heterocycles. The SMILES string of the molecule is Fc1cccc(CC(Br)c2ccc(Cl)cc2)c1F. The number of benzene rings is 2. The minimum absolute atomic E-state index is 0.0777. The van der Waals surface area contributed by atoms with Crippen molar-refractivity contribution in [2.24, 2.45) is 0 Å². The van der Waals surface area contributed by atoms with E-state index in [4.69, 9.17) is 11.6 Å². The fourth-order valence-electron chi connectivity index (χ4n) is 1.69. The summed E-state index contributed by atoms with van der Waals surface area (Å²) in [7, 11) is 0. The minimum Gasteiger partial charge on any atom is -0.204 e. The summed E-state index contributed by atoms with van der Waals surface area (Å²) in [5.74, 6) is -1.60. The monoisotopic (exact) mass is 330 g/mol. The zero-order valence-corrected chi connectivity index (χ0v) is 11.7. The van der Waals surface area contributed by atoms with E-state index >= 15 is 0 Å². The van der Waals surface area contributed by atoms with Gasteiger partial charge in [0, 0.05) is 9.85 Å². The quantitative estimate of drug-likeness (QED) is 0.670. The van der Waals surface area contributed by atoms with E-state index in [1.165, 1.54) is 6.07 Å². The molecular formula is C14H10BrClF2.